The molecule has 0 aromatic rings. The van der Waals surface area contributed by atoms with Crippen molar-refractivity contribution in [3.05, 3.63) is 70.8 Å². The number of hydrogen-bond acceptors (Lipinski definition) is 2. The molecule has 0 aromatic heterocycles. The van der Waals surface area contributed by atoms with E-state index >= 15 is 0 Å². The van der Waals surface area contributed by atoms with Gasteiger partial charge in [-0.3, -0.25) is 0 Å². The highest BCUT2D eigenvalue weighted by molar-refractivity contribution is 5.54. The minimum absolute atomic E-state index is 0.477. The molecular formula is C29H36N2. The number of nitrogens with zero attached hydrogens (tertiary/aromatic N) is 1. The summed E-state index contributed by atoms with van der Waals surface area (Å²) in [6.45, 7) is 3.45. The summed E-state index contributed by atoms with van der Waals surface area (Å²) in [5.41, 5.74) is 9.19. The van der Waals surface area contributed by atoms with Gasteiger partial charge in [-0.2, -0.15) is 0 Å². The summed E-state index contributed by atoms with van der Waals surface area (Å²) in [4.78, 5) is 2.83. The summed E-state index contributed by atoms with van der Waals surface area (Å²) in [6, 6.07) is 0.553. The fraction of sp³-hybridized carbons (Fsp3) is 0.586. The lowest BCUT2D eigenvalue weighted by atomic mass is 9.55. The van der Waals surface area contributed by atoms with Crippen molar-refractivity contribution in [1.82, 2.24) is 10.2 Å². The number of hydrogen-bond donors (Lipinski definition) is 1. The van der Waals surface area contributed by atoms with Crippen molar-refractivity contribution in [2.24, 2.45) is 22.7 Å². The fourth-order valence-electron chi connectivity index (χ4n) is 7.99. The lowest BCUT2D eigenvalue weighted by molar-refractivity contribution is 0.110. The van der Waals surface area contributed by atoms with Crippen LogP contribution in [0.2, 0.25) is 0 Å². The Bertz CT molecular complexity index is 992. The quantitative estimate of drug-likeness (QED) is 0.519. The van der Waals surface area contributed by atoms with Crippen LogP contribution in [0.5, 0.6) is 0 Å². The normalized spacial score (nSPS) is 42.2. The lowest BCUT2D eigenvalue weighted by Crippen LogP contribution is -2.38. The molecule has 8 aliphatic rings. The third kappa shape index (κ3) is 2.69. The molecule has 3 unspecified atom stereocenters. The first-order chi connectivity index (χ1) is 15.1. The van der Waals surface area contributed by atoms with Gasteiger partial charge in [0.2, 0.25) is 0 Å². The van der Waals surface area contributed by atoms with Gasteiger partial charge in [-0.15, -0.1) is 0 Å². The molecule has 0 spiro atoms. The van der Waals surface area contributed by atoms with Crippen LogP contribution in [0.4, 0.5) is 0 Å². The molecule has 1 saturated heterocycles. The highest BCUT2D eigenvalue weighted by Crippen LogP contribution is 2.59. The first-order valence-electron chi connectivity index (χ1n) is 12.9. The van der Waals surface area contributed by atoms with Crippen LogP contribution in [0.3, 0.4) is 0 Å². The zero-order chi connectivity index (χ0) is 20.6. The van der Waals surface area contributed by atoms with Crippen LogP contribution < -0.4 is 5.32 Å². The zero-order valence-electron chi connectivity index (χ0n) is 19.0. The van der Waals surface area contributed by atoms with Gasteiger partial charge in [-0.25, -0.2) is 0 Å². The second kappa shape index (κ2) is 6.53. The van der Waals surface area contributed by atoms with Gasteiger partial charge in [0.1, 0.15) is 0 Å². The van der Waals surface area contributed by atoms with Crippen LogP contribution in [0.25, 0.3) is 0 Å². The van der Waals surface area contributed by atoms with Gasteiger partial charge in [0.15, 0.2) is 0 Å². The zero-order valence-corrected chi connectivity index (χ0v) is 19.0. The molecule has 8 rings (SSSR count). The minimum atomic E-state index is 0.477. The van der Waals surface area contributed by atoms with Crippen LogP contribution in [-0.4, -0.2) is 17.5 Å². The van der Waals surface area contributed by atoms with Crippen molar-refractivity contribution in [1.29, 1.82) is 0 Å². The molecule has 1 N–H and O–H groups in total. The summed E-state index contributed by atoms with van der Waals surface area (Å²) < 4.78 is 0. The molecule has 2 nitrogen and oxygen atoms in total. The third-order valence-corrected chi connectivity index (χ3v) is 9.87. The van der Waals surface area contributed by atoms with E-state index in [2.05, 4.69) is 59.8 Å². The standard InChI is InChI=1S/C29H36N2/c1-28-11-14-29(15-12-28,16-13-28)18-21-7-9-23-24-19-30-17-10-26(24)31-25-5-3-2-4-20(25)6-8-22(21)27(23)31/h2,4,6,10-11,14,19,21,23,25,30H,3,5,7-9,12-13,15-18H2,1H3. The van der Waals surface area contributed by atoms with Crippen LogP contribution in [0, 0.1) is 22.7 Å². The van der Waals surface area contributed by atoms with Gasteiger partial charge in [-0.05, 0) is 98.2 Å². The predicted octanol–water partition coefficient (Wildman–Crippen LogP) is 6.53. The number of allylic oxidation sites excluding steroid dienone is 7. The molecular weight excluding hydrogens is 376 g/mol. The van der Waals surface area contributed by atoms with E-state index < -0.39 is 0 Å². The van der Waals surface area contributed by atoms with E-state index in [1.165, 1.54) is 69.9 Å². The van der Waals surface area contributed by atoms with Crippen LogP contribution in [0.15, 0.2) is 70.8 Å². The van der Waals surface area contributed by atoms with Crippen molar-refractivity contribution in [2.75, 3.05) is 6.54 Å². The Morgan fingerprint density at radius 3 is 2.81 bits per heavy atom. The molecule has 162 valence electrons. The topological polar surface area (TPSA) is 15.3 Å². The molecule has 3 heterocycles. The molecule has 31 heavy (non-hydrogen) atoms. The number of dihydropyridines is 1. The van der Waals surface area contributed by atoms with Crippen molar-refractivity contribution >= 4 is 0 Å². The Hall–Kier alpha value is -1.96. The molecule has 2 fully saturated rings. The van der Waals surface area contributed by atoms with Gasteiger partial charge < -0.3 is 10.2 Å². The molecule has 0 aromatic carbocycles. The van der Waals surface area contributed by atoms with Crippen LogP contribution in [0.1, 0.15) is 71.1 Å². The van der Waals surface area contributed by atoms with Gasteiger partial charge in [0, 0.05) is 35.6 Å². The molecule has 0 amide bonds. The van der Waals surface area contributed by atoms with Gasteiger partial charge in [0.25, 0.3) is 0 Å². The Morgan fingerprint density at radius 1 is 1.06 bits per heavy atom. The van der Waals surface area contributed by atoms with Crippen molar-refractivity contribution in [2.45, 2.75) is 77.2 Å². The second-order valence-corrected chi connectivity index (χ2v) is 11.7. The van der Waals surface area contributed by atoms with E-state index in [1.807, 2.05) is 0 Å². The largest absolute Gasteiger partial charge is 0.387 e. The van der Waals surface area contributed by atoms with Crippen LogP contribution in [-0.2, 0) is 0 Å². The van der Waals surface area contributed by atoms with E-state index in [0.29, 0.717) is 22.8 Å². The molecule has 0 radical (unpaired) electrons. The minimum Gasteiger partial charge on any atom is -0.387 e. The number of nitrogens with one attached hydrogen (secondary N) is 1. The molecule has 3 aliphatic heterocycles. The summed E-state index contributed by atoms with van der Waals surface area (Å²) in [5, 5.41) is 3.53. The molecule has 2 bridgehead atoms. The fourth-order valence-corrected chi connectivity index (χ4v) is 7.99. The average Bonchev–Trinajstić information content (AvgIpc) is 3.03. The van der Waals surface area contributed by atoms with Crippen molar-refractivity contribution in [3.8, 4) is 0 Å². The molecule has 1 saturated carbocycles. The third-order valence-electron chi connectivity index (χ3n) is 9.87. The van der Waals surface area contributed by atoms with Gasteiger partial charge >= 0.3 is 0 Å². The first kappa shape index (κ1) is 18.6. The molecule has 3 atom stereocenters. The molecule has 2 heteroatoms. The smallest absolute Gasteiger partial charge is 0.0588 e. The number of fused-ring (bicyclic) bond motifs is 7. The van der Waals surface area contributed by atoms with Gasteiger partial charge in [0.05, 0.1) is 6.04 Å². The van der Waals surface area contributed by atoms with Crippen LogP contribution >= 0.6 is 0 Å². The lowest BCUT2D eigenvalue weighted by Gasteiger charge is -2.49. The van der Waals surface area contributed by atoms with E-state index in [1.54, 1.807) is 22.4 Å². The Balaban J connectivity index is 1.32. The summed E-state index contributed by atoms with van der Waals surface area (Å²) in [6.07, 6.45) is 30.9. The maximum Gasteiger partial charge on any atom is 0.0588 e. The van der Waals surface area contributed by atoms with E-state index in [9.17, 15) is 0 Å². The van der Waals surface area contributed by atoms with Gasteiger partial charge in [-0.1, -0.05) is 37.3 Å². The van der Waals surface area contributed by atoms with Crippen molar-refractivity contribution < 1.29 is 0 Å². The average molecular weight is 413 g/mol. The summed E-state index contributed by atoms with van der Waals surface area (Å²) in [5.74, 6) is 1.38. The maximum absolute atomic E-state index is 3.53. The Labute approximate surface area is 187 Å². The van der Waals surface area contributed by atoms with E-state index in [4.69, 9.17) is 0 Å². The number of rotatable bonds is 2. The second-order valence-electron chi connectivity index (χ2n) is 11.7. The summed E-state index contributed by atoms with van der Waals surface area (Å²) in [7, 11) is 0. The van der Waals surface area contributed by atoms with E-state index in [0.717, 1.165) is 12.5 Å². The van der Waals surface area contributed by atoms with E-state index in [-0.39, 0.29) is 0 Å². The molecule has 5 aliphatic carbocycles. The maximum atomic E-state index is 3.53. The van der Waals surface area contributed by atoms with Crippen molar-refractivity contribution in [3.63, 3.8) is 0 Å². The highest BCUT2D eigenvalue weighted by atomic mass is 15.2. The Morgan fingerprint density at radius 2 is 1.97 bits per heavy atom. The predicted molar refractivity (Wildman–Crippen MR) is 127 cm³/mol. The Kier molecular flexibility index (Phi) is 3.92. The highest BCUT2D eigenvalue weighted by Gasteiger charge is 2.49. The monoisotopic (exact) mass is 412 g/mol. The first-order valence-corrected chi connectivity index (χ1v) is 12.9. The SMILES string of the molecule is CC12C=CC(CC3CCC4C5=CNCC=C5N5C4=C3CC=C3C=CCCC35)(CC1)CC2. The summed E-state index contributed by atoms with van der Waals surface area (Å²) >= 11 is 0.